The van der Waals surface area contributed by atoms with Crippen LogP contribution >= 0.6 is 0 Å². The Morgan fingerprint density at radius 1 is 1.18 bits per heavy atom. The highest BCUT2D eigenvalue weighted by Crippen LogP contribution is 2.29. The SMILES string of the molecule is CCOC(=O)C(Nc1ccc(C(C)C)cc1)C1CCCCC1. The van der Waals surface area contributed by atoms with Crippen LogP contribution in [0.2, 0.25) is 0 Å². The zero-order chi connectivity index (χ0) is 15.9. The summed E-state index contributed by atoms with van der Waals surface area (Å²) in [6, 6.07) is 8.20. The molecule has 1 aromatic carbocycles. The van der Waals surface area contributed by atoms with Crippen molar-refractivity contribution in [3.8, 4) is 0 Å². The summed E-state index contributed by atoms with van der Waals surface area (Å²) >= 11 is 0. The highest BCUT2D eigenvalue weighted by molar-refractivity contribution is 5.79. The first-order valence-electron chi connectivity index (χ1n) is 8.65. The lowest BCUT2D eigenvalue weighted by Crippen LogP contribution is -2.39. The van der Waals surface area contributed by atoms with Crippen molar-refractivity contribution in [3.63, 3.8) is 0 Å². The minimum atomic E-state index is -0.217. The molecule has 122 valence electrons. The molecule has 1 atom stereocenters. The fraction of sp³-hybridized carbons (Fsp3) is 0.632. The number of anilines is 1. The number of benzene rings is 1. The number of hydrogen-bond donors (Lipinski definition) is 1. The largest absolute Gasteiger partial charge is 0.464 e. The molecule has 1 N–H and O–H groups in total. The summed E-state index contributed by atoms with van der Waals surface area (Å²) in [5.41, 5.74) is 2.32. The molecule has 2 rings (SSSR count). The second kappa shape index (κ2) is 8.21. The predicted octanol–water partition coefficient (Wildman–Crippen LogP) is 4.73. The van der Waals surface area contributed by atoms with Crippen molar-refractivity contribution in [2.24, 2.45) is 5.92 Å². The van der Waals surface area contributed by atoms with Crippen LogP contribution in [0.25, 0.3) is 0 Å². The average molecular weight is 303 g/mol. The molecule has 0 saturated heterocycles. The van der Waals surface area contributed by atoms with Crippen molar-refractivity contribution in [3.05, 3.63) is 29.8 Å². The number of ether oxygens (including phenoxy) is 1. The van der Waals surface area contributed by atoms with E-state index in [1.54, 1.807) is 0 Å². The first-order chi connectivity index (χ1) is 10.6. The summed E-state index contributed by atoms with van der Waals surface area (Å²) in [4.78, 5) is 12.3. The molecule has 0 aromatic heterocycles. The van der Waals surface area contributed by atoms with E-state index in [0.717, 1.165) is 18.5 Å². The molecule has 0 aliphatic heterocycles. The van der Waals surface area contributed by atoms with Gasteiger partial charge in [-0.05, 0) is 49.3 Å². The molecule has 0 amide bonds. The maximum Gasteiger partial charge on any atom is 0.328 e. The van der Waals surface area contributed by atoms with Crippen LogP contribution in [0, 0.1) is 5.92 Å². The average Bonchev–Trinajstić information content (AvgIpc) is 2.54. The van der Waals surface area contributed by atoms with Gasteiger partial charge >= 0.3 is 5.97 Å². The summed E-state index contributed by atoms with van der Waals surface area (Å²) in [5.74, 6) is 0.799. The van der Waals surface area contributed by atoms with Gasteiger partial charge in [-0.15, -0.1) is 0 Å². The van der Waals surface area contributed by atoms with Crippen LogP contribution < -0.4 is 5.32 Å². The normalized spacial score (nSPS) is 17.3. The molecular weight excluding hydrogens is 274 g/mol. The molecule has 3 nitrogen and oxygen atoms in total. The molecular formula is C19H29NO2. The van der Waals surface area contributed by atoms with Gasteiger partial charge in [-0.1, -0.05) is 45.2 Å². The van der Waals surface area contributed by atoms with E-state index in [1.165, 1.54) is 24.8 Å². The predicted molar refractivity (Wildman–Crippen MR) is 91.1 cm³/mol. The van der Waals surface area contributed by atoms with Gasteiger partial charge in [0.15, 0.2) is 0 Å². The third-order valence-corrected chi connectivity index (χ3v) is 4.56. The van der Waals surface area contributed by atoms with Crippen molar-refractivity contribution in [2.75, 3.05) is 11.9 Å². The highest BCUT2D eigenvalue weighted by Gasteiger charge is 2.30. The fourth-order valence-corrected chi connectivity index (χ4v) is 3.21. The van der Waals surface area contributed by atoms with Crippen LogP contribution in [-0.4, -0.2) is 18.6 Å². The maximum atomic E-state index is 12.3. The van der Waals surface area contributed by atoms with Gasteiger partial charge in [-0.25, -0.2) is 4.79 Å². The summed E-state index contributed by atoms with van der Waals surface area (Å²) < 4.78 is 5.29. The van der Waals surface area contributed by atoms with Gasteiger partial charge in [0, 0.05) is 5.69 Å². The minimum absolute atomic E-state index is 0.109. The zero-order valence-electron chi connectivity index (χ0n) is 14.1. The number of rotatable bonds is 6. The third-order valence-electron chi connectivity index (χ3n) is 4.56. The number of esters is 1. The molecule has 22 heavy (non-hydrogen) atoms. The molecule has 3 heteroatoms. The minimum Gasteiger partial charge on any atom is -0.464 e. The van der Waals surface area contributed by atoms with Crippen LogP contribution in [0.15, 0.2) is 24.3 Å². The van der Waals surface area contributed by atoms with E-state index < -0.39 is 0 Å². The molecule has 1 fully saturated rings. The van der Waals surface area contributed by atoms with Crippen LogP contribution in [0.1, 0.15) is 64.4 Å². The Morgan fingerprint density at radius 2 is 1.82 bits per heavy atom. The van der Waals surface area contributed by atoms with E-state index in [2.05, 4.69) is 43.4 Å². The van der Waals surface area contributed by atoms with Gasteiger partial charge in [-0.2, -0.15) is 0 Å². The molecule has 1 aromatic rings. The van der Waals surface area contributed by atoms with E-state index in [0.29, 0.717) is 18.4 Å². The van der Waals surface area contributed by atoms with E-state index in [9.17, 15) is 4.79 Å². The van der Waals surface area contributed by atoms with Gasteiger partial charge in [-0.3, -0.25) is 0 Å². The lowest BCUT2D eigenvalue weighted by molar-refractivity contribution is -0.145. The van der Waals surface area contributed by atoms with Gasteiger partial charge in [0.05, 0.1) is 6.61 Å². The van der Waals surface area contributed by atoms with Crippen molar-refractivity contribution >= 4 is 11.7 Å². The van der Waals surface area contributed by atoms with E-state index in [-0.39, 0.29) is 12.0 Å². The standard InChI is InChI=1S/C19H29NO2/c1-4-22-19(21)18(16-8-6-5-7-9-16)20-17-12-10-15(11-13-17)14(2)3/h10-14,16,18,20H,4-9H2,1-3H3. The second-order valence-electron chi connectivity index (χ2n) is 6.55. The Labute approximate surface area is 134 Å². The van der Waals surface area contributed by atoms with E-state index in [1.807, 2.05) is 6.92 Å². The smallest absolute Gasteiger partial charge is 0.328 e. The number of carbonyl (C=O) groups excluding carboxylic acids is 1. The molecule has 0 spiro atoms. The second-order valence-corrected chi connectivity index (χ2v) is 6.55. The Morgan fingerprint density at radius 3 is 2.36 bits per heavy atom. The Bertz CT molecular complexity index is 461. The van der Waals surface area contributed by atoms with Crippen LogP contribution in [-0.2, 0) is 9.53 Å². The maximum absolute atomic E-state index is 12.3. The Hall–Kier alpha value is -1.51. The number of hydrogen-bond acceptors (Lipinski definition) is 3. The highest BCUT2D eigenvalue weighted by atomic mass is 16.5. The number of nitrogens with one attached hydrogen (secondary N) is 1. The van der Waals surface area contributed by atoms with Gasteiger partial charge in [0.1, 0.15) is 6.04 Å². The molecule has 0 bridgehead atoms. The first kappa shape index (κ1) is 16.9. The Kier molecular flexibility index (Phi) is 6.29. The number of carbonyl (C=O) groups is 1. The molecule has 0 radical (unpaired) electrons. The first-order valence-corrected chi connectivity index (χ1v) is 8.65. The molecule has 1 saturated carbocycles. The summed E-state index contributed by atoms with van der Waals surface area (Å²) in [7, 11) is 0. The lowest BCUT2D eigenvalue weighted by Gasteiger charge is -2.30. The zero-order valence-corrected chi connectivity index (χ0v) is 14.1. The van der Waals surface area contributed by atoms with Crippen LogP contribution in [0.4, 0.5) is 5.69 Å². The molecule has 0 heterocycles. The van der Waals surface area contributed by atoms with Crippen molar-refractivity contribution in [2.45, 2.75) is 64.8 Å². The summed E-state index contributed by atoms with van der Waals surface area (Å²) in [5, 5.41) is 3.42. The topological polar surface area (TPSA) is 38.3 Å². The molecule has 1 aliphatic rings. The fourth-order valence-electron chi connectivity index (χ4n) is 3.21. The van der Waals surface area contributed by atoms with Gasteiger partial charge in [0.2, 0.25) is 0 Å². The molecule has 1 aliphatic carbocycles. The van der Waals surface area contributed by atoms with E-state index >= 15 is 0 Å². The van der Waals surface area contributed by atoms with Crippen molar-refractivity contribution < 1.29 is 9.53 Å². The van der Waals surface area contributed by atoms with Crippen molar-refractivity contribution in [1.82, 2.24) is 0 Å². The lowest BCUT2D eigenvalue weighted by atomic mass is 9.83. The summed E-state index contributed by atoms with van der Waals surface area (Å²) in [6.07, 6.45) is 5.94. The monoisotopic (exact) mass is 303 g/mol. The molecule has 1 unspecified atom stereocenters. The quantitative estimate of drug-likeness (QED) is 0.772. The van der Waals surface area contributed by atoms with Gasteiger partial charge < -0.3 is 10.1 Å². The van der Waals surface area contributed by atoms with Gasteiger partial charge in [0.25, 0.3) is 0 Å². The van der Waals surface area contributed by atoms with Crippen LogP contribution in [0.3, 0.4) is 0 Å². The summed E-state index contributed by atoms with van der Waals surface area (Å²) in [6.45, 7) is 6.68. The Balaban J connectivity index is 2.09. The third kappa shape index (κ3) is 4.49. The van der Waals surface area contributed by atoms with Crippen molar-refractivity contribution in [1.29, 1.82) is 0 Å². The van der Waals surface area contributed by atoms with E-state index in [4.69, 9.17) is 4.74 Å². The van der Waals surface area contributed by atoms with Crippen LogP contribution in [0.5, 0.6) is 0 Å².